The van der Waals surface area contributed by atoms with Gasteiger partial charge >= 0.3 is 0 Å². The van der Waals surface area contributed by atoms with Gasteiger partial charge in [-0.3, -0.25) is 0 Å². The zero-order valence-corrected chi connectivity index (χ0v) is 11.4. The van der Waals surface area contributed by atoms with Gasteiger partial charge in [0.25, 0.3) is 0 Å². The lowest BCUT2D eigenvalue weighted by Gasteiger charge is -2.28. The van der Waals surface area contributed by atoms with E-state index in [2.05, 4.69) is 22.2 Å². The first-order valence-electron chi connectivity index (χ1n) is 6.95. The third-order valence-electron chi connectivity index (χ3n) is 3.72. The van der Waals surface area contributed by atoms with Crippen molar-refractivity contribution < 1.29 is 4.74 Å². The first kappa shape index (κ1) is 13.1. The van der Waals surface area contributed by atoms with Gasteiger partial charge in [-0.1, -0.05) is 19.8 Å². The fourth-order valence-electron chi connectivity index (χ4n) is 2.71. The zero-order valence-electron chi connectivity index (χ0n) is 11.4. The van der Waals surface area contributed by atoms with Crippen LogP contribution in [0.25, 0.3) is 0 Å². The molecule has 1 aromatic rings. The van der Waals surface area contributed by atoms with Crippen LogP contribution in [0.5, 0.6) is 5.88 Å². The maximum Gasteiger partial charge on any atom is 0.226 e. The maximum atomic E-state index is 5.10. The molecule has 100 valence electrons. The number of nitrogens with zero attached hydrogens (tertiary/aromatic N) is 2. The molecular formula is C14H23N3O. The van der Waals surface area contributed by atoms with Crippen molar-refractivity contribution in [3.05, 3.63) is 12.3 Å². The first-order chi connectivity index (χ1) is 8.81. The van der Waals surface area contributed by atoms with Crippen molar-refractivity contribution in [3.63, 3.8) is 0 Å². The fourth-order valence-corrected chi connectivity index (χ4v) is 2.71. The van der Waals surface area contributed by atoms with E-state index in [9.17, 15) is 0 Å². The molecule has 0 spiro atoms. The van der Waals surface area contributed by atoms with Gasteiger partial charge in [0.1, 0.15) is 0 Å². The topological polar surface area (TPSA) is 47.0 Å². The van der Waals surface area contributed by atoms with E-state index >= 15 is 0 Å². The van der Waals surface area contributed by atoms with E-state index in [1.54, 1.807) is 19.4 Å². The Morgan fingerprint density at radius 2 is 2.11 bits per heavy atom. The van der Waals surface area contributed by atoms with E-state index in [0.29, 0.717) is 17.9 Å². The number of nitrogens with one attached hydrogen (secondary N) is 1. The van der Waals surface area contributed by atoms with Crippen LogP contribution in [0.1, 0.15) is 45.4 Å². The number of ether oxygens (including phenoxy) is 1. The Hall–Kier alpha value is -1.32. The quantitative estimate of drug-likeness (QED) is 0.870. The molecule has 1 fully saturated rings. The first-order valence-corrected chi connectivity index (χ1v) is 6.95. The Balaban J connectivity index is 1.83. The Morgan fingerprint density at radius 1 is 1.33 bits per heavy atom. The number of hydrogen-bond donors (Lipinski definition) is 1. The van der Waals surface area contributed by atoms with Gasteiger partial charge in [0.2, 0.25) is 11.8 Å². The Bertz CT molecular complexity index is 362. The van der Waals surface area contributed by atoms with Crippen LogP contribution in [0, 0.1) is 5.92 Å². The summed E-state index contributed by atoms with van der Waals surface area (Å²) in [6.45, 7) is 2.27. The molecule has 0 bridgehead atoms. The number of rotatable bonds is 5. The van der Waals surface area contributed by atoms with E-state index in [1.807, 2.05) is 0 Å². The summed E-state index contributed by atoms with van der Waals surface area (Å²) in [4.78, 5) is 8.53. The normalized spacial score (nSPS) is 23.7. The summed E-state index contributed by atoms with van der Waals surface area (Å²) in [6.07, 6.45) is 9.53. The van der Waals surface area contributed by atoms with E-state index in [0.717, 1.165) is 5.92 Å². The minimum atomic E-state index is 0.519. The van der Waals surface area contributed by atoms with E-state index < -0.39 is 0 Å². The van der Waals surface area contributed by atoms with Crippen LogP contribution in [0.15, 0.2) is 12.3 Å². The smallest absolute Gasteiger partial charge is 0.226 e. The summed E-state index contributed by atoms with van der Waals surface area (Å²) >= 11 is 0. The van der Waals surface area contributed by atoms with Gasteiger partial charge in [-0.2, -0.15) is 4.98 Å². The molecule has 0 aromatic carbocycles. The lowest BCUT2D eigenvalue weighted by Crippen LogP contribution is -2.27. The summed E-state index contributed by atoms with van der Waals surface area (Å²) in [5, 5.41) is 3.42. The molecule has 1 N–H and O–H groups in total. The molecule has 0 aliphatic heterocycles. The van der Waals surface area contributed by atoms with Gasteiger partial charge in [-0.25, -0.2) is 4.98 Å². The minimum absolute atomic E-state index is 0.519. The van der Waals surface area contributed by atoms with Crippen LogP contribution < -0.4 is 10.1 Å². The van der Waals surface area contributed by atoms with Gasteiger partial charge in [0.05, 0.1) is 7.11 Å². The molecule has 0 amide bonds. The Kier molecular flexibility index (Phi) is 4.79. The van der Waals surface area contributed by atoms with Crippen LogP contribution in [0.4, 0.5) is 5.95 Å². The zero-order chi connectivity index (χ0) is 12.8. The molecule has 2 rings (SSSR count). The van der Waals surface area contributed by atoms with Crippen molar-refractivity contribution in [2.24, 2.45) is 5.92 Å². The average molecular weight is 249 g/mol. The molecule has 1 aliphatic carbocycles. The second kappa shape index (κ2) is 6.57. The Morgan fingerprint density at radius 3 is 2.78 bits per heavy atom. The third-order valence-corrected chi connectivity index (χ3v) is 3.72. The number of methoxy groups -OCH3 is 1. The van der Waals surface area contributed by atoms with Crippen molar-refractivity contribution in [3.8, 4) is 5.88 Å². The molecule has 0 unspecified atom stereocenters. The molecule has 4 heteroatoms. The van der Waals surface area contributed by atoms with Gasteiger partial charge in [0, 0.05) is 18.3 Å². The lowest BCUT2D eigenvalue weighted by atomic mass is 9.83. The molecule has 1 saturated carbocycles. The fraction of sp³-hybridized carbons (Fsp3) is 0.714. The van der Waals surface area contributed by atoms with Crippen LogP contribution in [-0.2, 0) is 0 Å². The number of anilines is 1. The number of hydrogen-bond acceptors (Lipinski definition) is 4. The summed E-state index contributed by atoms with van der Waals surface area (Å²) in [6, 6.07) is 2.29. The van der Waals surface area contributed by atoms with Crippen LogP contribution in [-0.4, -0.2) is 23.1 Å². The average Bonchev–Trinajstić information content (AvgIpc) is 2.42. The summed E-state index contributed by atoms with van der Waals surface area (Å²) < 4.78 is 5.10. The molecule has 1 aliphatic rings. The highest BCUT2D eigenvalue weighted by atomic mass is 16.5. The second-order valence-electron chi connectivity index (χ2n) is 5.07. The predicted molar refractivity (Wildman–Crippen MR) is 72.9 cm³/mol. The molecule has 4 nitrogen and oxygen atoms in total. The highest BCUT2D eigenvalue weighted by Crippen LogP contribution is 2.29. The minimum Gasteiger partial charge on any atom is -0.481 e. The SMILES string of the molecule is CCCC1CCC(Nc2nccc(OC)n2)CC1. The van der Waals surface area contributed by atoms with Crippen LogP contribution in [0.2, 0.25) is 0 Å². The van der Waals surface area contributed by atoms with Crippen molar-refractivity contribution in [2.45, 2.75) is 51.5 Å². The molecule has 1 aromatic heterocycles. The molecule has 0 radical (unpaired) electrons. The monoisotopic (exact) mass is 249 g/mol. The second-order valence-corrected chi connectivity index (χ2v) is 5.07. The summed E-state index contributed by atoms with van der Waals surface area (Å²) in [5.74, 6) is 2.24. The standard InChI is InChI=1S/C14H23N3O/c1-3-4-11-5-7-12(8-6-11)16-14-15-10-9-13(17-14)18-2/h9-12H,3-8H2,1-2H3,(H,15,16,17). The van der Waals surface area contributed by atoms with Crippen LogP contribution >= 0.6 is 0 Å². The summed E-state index contributed by atoms with van der Waals surface area (Å²) in [5.41, 5.74) is 0. The lowest BCUT2D eigenvalue weighted by molar-refractivity contribution is 0.318. The van der Waals surface area contributed by atoms with Gasteiger partial charge in [-0.05, 0) is 31.6 Å². The molecule has 1 heterocycles. The third kappa shape index (κ3) is 3.59. The molecule has 0 atom stereocenters. The molecule has 18 heavy (non-hydrogen) atoms. The van der Waals surface area contributed by atoms with Gasteiger partial charge < -0.3 is 10.1 Å². The van der Waals surface area contributed by atoms with E-state index in [1.165, 1.54) is 38.5 Å². The number of aromatic nitrogens is 2. The van der Waals surface area contributed by atoms with Gasteiger partial charge in [-0.15, -0.1) is 0 Å². The Labute approximate surface area is 109 Å². The van der Waals surface area contributed by atoms with Crippen molar-refractivity contribution in [1.29, 1.82) is 0 Å². The van der Waals surface area contributed by atoms with Crippen LogP contribution in [0.3, 0.4) is 0 Å². The molecule has 0 saturated heterocycles. The largest absolute Gasteiger partial charge is 0.481 e. The highest BCUT2D eigenvalue weighted by Gasteiger charge is 2.20. The highest BCUT2D eigenvalue weighted by molar-refractivity contribution is 5.28. The van der Waals surface area contributed by atoms with Crippen molar-refractivity contribution >= 4 is 5.95 Å². The maximum absolute atomic E-state index is 5.10. The van der Waals surface area contributed by atoms with Crippen molar-refractivity contribution in [2.75, 3.05) is 12.4 Å². The van der Waals surface area contributed by atoms with E-state index in [4.69, 9.17) is 4.74 Å². The predicted octanol–water partition coefficient (Wildman–Crippen LogP) is 3.26. The van der Waals surface area contributed by atoms with Crippen molar-refractivity contribution in [1.82, 2.24) is 9.97 Å². The van der Waals surface area contributed by atoms with E-state index in [-0.39, 0.29) is 0 Å². The van der Waals surface area contributed by atoms with Gasteiger partial charge in [0.15, 0.2) is 0 Å². The summed E-state index contributed by atoms with van der Waals surface area (Å²) in [7, 11) is 1.63. The molecular weight excluding hydrogens is 226 g/mol.